The van der Waals surface area contributed by atoms with Gasteiger partial charge in [-0.25, -0.2) is 4.79 Å². The van der Waals surface area contributed by atoms with Gasteiger partial charge in [-0.2, -0.15) is 0 Å². The highest BCUT2D eigenvalue weighted by Gasteiger charge is 2.31. The van der Waals surface area contributed by atoms with Gasteiger partial charge in [-0.1, -0.05) is 0 Å². The van der Waals surface area contributed by atoms with Gasteiger partial charge in [-0.15, -0.1) is 0 Å². The van der Waals surface area contributed by atoms with E-state index in [1.165, 1.54) is 0 Å². The molecule has 0 fully saturated rings. The van der Waals surface area contributed by atoms with Crippen LogP contribution >= 0.6 is 0 Å². The summed E-state index contributed by atoms with van der Waals surface area (Å²) in [7, 11) is 0. The average Bonchev–Trinajstić information content (AvgIpc) is 2.80. The number of carbonyl (C=O) groups excluding carboxylic acids is 6. The predicted octanol–water partition coefficient (Wildman–Crippen LogP) is -5.69. The summed E-state index contributed by atoms with van der Waals surface area (Å²) < 4.78 is 0. The van der Waals surface area contributed by atoms with E-state index in [-0.39, 0.29) is 44.6 Å². The number of carboxylic acids is 1. The summed E-state index contributed by atoms with van der Waals surface area (Å²) in [5.74, 6) is -7.13. The van der Waals surface area contributed by atoms with E-state index in [4.69, 9.17) is 34.4 Å². The Hall–Kier alpha value is -4.48. The van der Waals surface area contributed by atoms with Crippen molar-refractivity contribution in [3.63, 3.8) is 0 Å². The van der Waals surface area contributed by atoms with Crippen molar-refractivity contribution in [2.75, 3.05) is 6.54 Å². The molecular weight excluding hydrogens is 508 g/mol. The molecule has 0 aliphatic rings. The van der Waals surface area contributed by atoms with Gasteiger partial charge in [0.2, 0.25) is 35.4 Å². The number of aliphatic carboxylic acids is 1. The van der Waals surface area contributed by atoms with Crippen molar-refractivity contribution in [3.05, 3.63) is 0 Å². The Kier molecular flexibility index (Phi) is 15.0. The number of carboxylic acid groups (broad SMARTS) is 1. The summed E-state index contributed by atoms with van der Waals surface area (Å²) in [5.41, 5.74) is 31.5. The van der Waals surface area contributed by atoms with Crippen LogP contribution in [0.4, 0.5) is 0 Å². The topological polar surface area (TPSA) is 344 Å². The smallest absolute Gasteiger partial charge is 0.326 e. The van der Waals surface area contributed by atoms with Crippen LogP contribution in [-0.4, -0.2) is 83.2 Å². The van der Waals surface area contributed by atoms with Gasteiger partial charge >= 0.3 is 5.97 Å². The lowest BCUT2D eigenvalue weighted by atomic mass is 10.1. The highest BCUT2D eigenvalue weighted by molar-refractivity contribution is 5.96. The number of carbonyl (C=O) groups is 7. The highest BCUT2D eigenvalue weighted by Crippen LogP contribution is 2.05. The van der Waals surface area contributed by atoms with E-state index in [1.807, 2.05) is 0 Å². The minimum atomic E-state index is -1.66. The third kappa shape index (κ3) is 14.8. The Balaban J connectivity index is 5.52. The van der Waals surface area contributed by atoms with Gasteiger partial charge < -0.3 is 55.5 Å². The molecular formula is C20H36N10O8. The molecule has 0 aromatic rings. The second-order valence-electron chi connectivity index (χ2n) is 8.26. The van der Waals surface area contributed by atoms with Crippen molar-refractivity contribution in [2.24, 2.45) is 39.4 Å². The molecule has 6 amide bonds. The fraction of sp³-hybridized carbons (Fsp3) is 0.600. The van der Waals surface area contributed by atoms with Gasteiger partial charge in [0, 0.05) is 19.4 Å². The summed E-state index contributed by atoms with van der Waals surface area (Å²) in [6.45, 7) is 0.204. The van der Waals surface area contributed by atoms with Crippen molar-refractivity contribution in [3.8, 4) is 0 Å². The molecule has 38 heavy (non-hydrogen) atoms. The number of primary amides is 3. The van der Waals surface area contributed by atoms with E-state index < -0.39 is 72.0 Å². The zero-order valence-electron chi connectivity index (χ0n) is 20.7. The van der Waals surface area contributed by atoms with Crippen molar-refractivity contribution in [2.45, 2.75) is 69.1 Å². The second-order valence-corrected chi connectivity index (χ2v) is 8.26. The second kappa shape index (κ2) is 17.1. The van der Waals surface area contributed by atoms with Crippen LogP contribution in [0, 0.1) is 0 Å². The molecule has 18 heteroatoms. The first kappa shape index (κ1) is 33.5. The first-order valence-electron chi connectivity index (χ1n) is 11.4. The van der Waals surface area contributed by atoms with Crippen molar-refractivity contribution >= 4 is 47.4 Å². The molecule has 0 heterocycles. The van der Waals surface area contributed by atoms with Crippen molar-refractivity contribution < 1.29 is 38.7 Å². The van der Waals surface area contributed by atoms with Crippen LogP contribution in [-0.2, 0) is 33.6 Å². The number of hydrogen-bond acceptors (Lipinski definition) is 9. The molecule has 0 aliphatic heterocycles. The summed E-state index contributed by atoms with van der Waals surface area (Å²) in [5, 5.41) is 15.9. The van der Waals surface area contributed by atoms with Gasteiger partial charge in [0.1, 0.15) is 18.1 Å². The van der Waals surface area contributed by atoms with Gasteiger partial charge in [0.15, 0.2) is 5.96 Å². The molecule has 0 radical (unpaired) electrons. The zero-order valence-corrected chi connectivity index (χ0v) is 20.7. The number of amides is 6. The fourth-order valence-corrected chi connectivity index (χ4v) is 2.98. The van der Waals surface area contributed by atoms with Crippen LogP contribution < -0.4 is 50.4 Å². The molecule has 0 spiro atoms. The quantitative estimate of drug-likeness (QED) is 0.0414. The average molecular weight is 545 g/mol. The lowest BCUT2D eigenvalue weighted by Crippen LogP contribution is -2.57. The van der Waals surface area contributed by atoms with Crippen molar-refractivity contribution in [1.82, 2.24) is 16.0 Å². The van der Waals surface area contributed by atoms with Crippen LogP contribution in [0.15, 0.2) is 4.99 Å². The molecule has 0 aromatic heterocycles. The molecule has 0 saturated heterocycles. The molecule has 16 N–H and O–H groups in total. The van der Waals surface area contributed by atoms with Crippen LogP contribution in [0.25, 0.3) is 0 Å². The molecule has 214 valence electrons. The Bertz CT molecular complexity index is 921. The van der Waals surface area contributed by atoms with Gasteiger partial charge in [0.25, 0.3) is 0 Å². The Morgan fingerprint density at radius 1 is 0.658 bits per heavy atom. The maximum atomic E-state index is 12.9. The zero-order chi connectivity index (χ0) is 29.4. The van der Waals surface area contributed by atoms with E-state index in [1.54, 1.807) is 0 Å². The van der Waals surface area contributed by atoms with Crippen molar-refractivity contribution in [1.29, 1.82) is 0 Å². The molecule has 0 bridgehead atoms. The van der Waals surface area contributed by atoms with E-state index >= 15 is 0 Å². The number of hydrogen-bond donors (Lipinski definition) is 10. The Labute approximate surface area is 217 Å². The Morgan fingerprint density at radius 3 is 1.61 bits per heavy atom. The number of nitrogens with one attached hydrogen (secondary N) is 3. The maximum absolute atomic E-state index is 12.9. The van der Waals surface area contributed by atoms with Gasteiger partial charge in [0.05, 0.1) is 12.5 Å². The minimum absolute atomic E-state index is 0.136. The number of guanidine groups is 1. The molecule has 4 atom stereocenters. The predicted molar refractivity (Wildman–Crippen MR) is 132 cm³/mol. The number of nitrogens with two attached hydrogens (primary N) is 6. The van der Waals surface area contributed by atoms with E-state index in [9.17, 15) is 38.7 Å². The standard InChI is InChI=1S/C20H36N10O8/c21-9(2-1-7-27-20(25)26)16(34)28-10(3-5-13(22)31)17(35)30-12(8-15(24)33)18(36)29-11(19(37)38)4-6-14(23)32/h9-12H,1-8,21H2,(H2,22,31)(H2,23,32)(H2,24,33)(H,28,34)(H,29,36)(H,30,35)(H,37,38)(H4,25,26,27). The molecule has 0 rings (SSSR count). The summed E-state index contributed by atoms with van der Waals surface area (Å²) in [6, 6.07) is -5.72. The number of rotatable bonds is 19. The number of nitrogens with zero attached hydrogens (tertiary/aromatic N) is 1. The third-order valence-electron chi connectivity index (χ3n) is 4.95. The largest absolute Gasteiger partial charge is 0.480 e. The summed E-state index contributed by atoms with van der Waals surface area (Å²) >= 11 is 0. The molecule has 0 aromatic carbocycles. The normalized spacial score (nSPS) is 13.6. The van der Waals surface area contributed by atoms with E-state index in [0.717, 1.165) is 0 Å². The van der Waals surface area contributed by atoms with Gasteiger partial charge in [-0.3, -0.25) is 33.8 Å². The third-order valence-corrected chi connectivity index (χ3v) is 4.95. The molecule has 18 nitrogen and oxygen atoms in total. The van der Waals surface area contributed by atoms with E-state index in [2.05, 4.69) is 20.9 Å². The monoisotopic (exact) mass is 544 g/mol. The van der Waals surface area contributed by atoms with Crippen LogP contribution in [0.1, 0.15) is 44.9 Å². The molecule has 0 aliphatic carbocycles. The first-order chi connectivity index (χ1) is 17.6. The molecule has 4 unspecified atom stereocenters. The summed E-state index contributed by atoms with van der Waals surface area (Å²) in [4.78, 5) is 86.9. The Morgan fingerprint density at radius 2 is 1.13 bits per heavy atom. The van der Waals surface area contributed by atoms with Crippen LogP contribution in [0.5, 0.6) is 0 Å². The lowest BCUT2D eigenvalue weighted by Gasteiger charge is -2.24. The first-order valence-corrected chi connectivity index (χ1v) is 11.4. The van der Waals surface area contributed by atoms with E-state index in [0.29, 0.717) is 6.42 Å². The summed E-state index contributed by atoms with van der Waals surface area (Å²) in [6.07, 6.45) is -1.59. The van der Waals surface area contributed by atoms with Gasteiger partial charge in [-0.05, 0) is 25.7 Å². The number of aliphatic imine (C=N–C) groups is 1. The van der Waals surface area contributed by atoms with Crippen LogP contribution in [0.3, 0.4) is 0 Å². The minimum Gasteiger partial charge on any atom is -0.480 e. The maximum Gasteiger partial charge on any atom is 0.326 e. The fourth-order valence-electron chi connectivity index (χ4n) is 2.98. The molecule has 0 saturated carbocycles. The SMILES string of the molecule is NC(=O)CCC(NC(=O)C(CC(N)=O)NC(=O)C(CCC(N)=O)NC(=O)C(N)CCCN=C(N)N)C(=O)O. The highest BCUT2D eigenvalue weighted by atomic mass is 16.4. The van der Waals surface area contributed by atoms with Crippen LogP contribution in [0.2, 0.25) is 0 Å². The lowest BCUT2D eigenvalue weighted by molar-refractivity contribution is -0.142.